The fourth-order valence-electron chi connectivity index (χ4n) is 3.72. The molecule has 0 radical (unpaired) electrons. The van der Waals surface area contributed by atoms with Gasteiger partial charge >= 0.3 is 0 Å². The molecule has 3 rings (SSSR count). The molecule has 6 heteroatoms. The van der Waals surface area contributed by atoms with Crippen LogP contribution in [0.1, 0.15) is 22.5 Å². The van der Waals surface area contributed by atoms with Crippen LogP contribution in [0, 0.1) is 5.92 Å². The van der Waals surface area contributed by atoms with Crippen molar-refractivity contribution in [3.8, 4) is 0 Å². The summed E-state index contributed by atoms with van der Waals surface area (Å²) in [7, 11) is 4.21. The molecule has 2 aliphatic rings. The normalized spacial score (nSPS) is 26.7. The van der Waals surface area contributed by atoms with E-state index < -0.39 is 0 Å². The van der Waals surface area contributed by atoms with Crippen LogP contribution in [0.25, 0.3) is 0 Å². The quantitative estimate of drug-likeness (QED) is 0.885. The number of nitrogens with zero attached hydrogens (tertiary/aromatic N) is 2. The third-order valence-corrected chi connectivity index (χ3v) is 5.71. The molecule has 1 N–H and O–H groups in total. The minimum atomic E-state index is 0.0718. The Morgan fingerprint density at radius 3 is 2.83 bits per heavy atom. The molecule has 5 nitrogen and oxygen atoms in total. The van der Waals surface area contributed by atoms with Crippen molar-refractivity contribution in [2.24, 2.45) is 5.92 Å². The predicted octanol–water partition coefficient (Wildman–Crippen LogP) is 1.52. The first kappa shape index (κ1) is 16.9. The molecule has 2 saturated heterocycles. The van der Waals surface area contributed by atoms with Crippen LogP contribution in [-0.4, -0.2) is 74.7 Å². The van der Waals surface area contributed by atoms with Gasteiger partial charge in [0.2, 0.25) is 0 Å². The molecule has 1 aromatic heterocycles. The first-order valence-corrected chi connectivity index (χ1v) is 9.32. The molecular formula is C17H27N3O2S. The smallest absolute Gasteiger partial charge is 0.261 e. The first-order valence-electron chi connectivity index (χ1n) is 8.44. The van der Waals surface area contributed by atoms with E-state index in [1.165, 1.54) is 11.3 Å². The van der Waals surface area contributed by atoms with Gasteiger partial charge in [-0.1, -0.05) is 6.07 Å². The van der Waals surface area contributed by atoms with E-state index >= 15 is 0 Å². The minimum Gasteiger partial charge on any atom is -0.381 e. The van der Waals surface area contributed by atoms with Crippen molar-refractivity contribution in [3.05, 3.63) is 22.4 Å². The summed E-state index contributed by atoms with van der Waals surface area (Å²) in [5.41, 5.74) is 0. The highest BCUT2D eigenvalue weighted by Crippen LogP contribution is 2.25. The van der Waals surface area contributed by atoms with Crippen molar-refractivity contribution in [2.75, 3.05) is 46.9 Å². The third-order valence-electron chi connectivity index (χ3n) is 4.84. The molecule has 0 aliphatic carbocycles. The zero-order chi connectivity index (χ0) is 16.2. The summed E-state index contributed by atoms with van der Waals surface area (Å²) < 4.78 is 5.49. The Hall–Kier alpha value is -0.950. The van der Waals surface area contributed by atoms with Crippen LogP contribution >= 0.6 is 11.3 Å². The van der Waals surface area contributed by atoms with Gasteiger partial charge in [0.1, 0.15) is 0 Å². The summed E-state index contributed by atoms with van der Waals surface area (Å²) in [6, 6.07) is 4.67. The number of ether oxygens (including phenoxy) is 1. The molecule has 2 atom stereocenters. The SMILES string of the molecule is CN(C)C[C@@H]1CN(C2CCOCC2)C[C@H]1NC(=O)c1cccs1. The van der Waals surface area contributed by atoms with Crippen molar-refractivity contribution in [2.45, 2.75) is 24.9 Å². The van der Waals surface area contributed by atoms with Gasteiger partial charge in [0, 0.05) is 50.8 Å². The zero-order valence-corrected chi connectivity index (χ0v) is 14.8. The van der Waals surface area contributed by atoms with E-state index in [0.717, 1.165) is 50.6 Å². The molecule has 2 fully saturated rings. The summed E-state index contributed by atoms with van der Waals surface area (Å²) >= 11 is 1.51. The van der Waals surface area contributed by atoms with Crippen LogP contribution in [0.15, 0.2) is 17.5 Å². The largest absolute Gasteiger partial charge is 0.381 e. The molecule has 0 bridgehead atoms. The van der Waals surface area contributed by atoms with E-state index in [1.807, 2.05) is 17.5 Å². The number of amides is 1. The zero-order valence-electron chi connectivity index (χ0n) is 14.0. The van der Waals surface area contributed by atoms with Gasteiger partial charge in [-0.05, 0) is 38.4 Å². The van der Waals surface area contributed by atoms with Gasteiger partial charge in [-0.15, -0.1) is 11.3 Å². The van der Waals surface area contributed by atoms with Crippen molar-refractivity contribution >= 4 is 17.2 Å². The molecule has 0 saturated carbocycles. The van der Waals surface area contributed by atoms with Gasteiger partial charge in [0.15, 0.2) is 0 Å². The number of hydrogen-bond donors (Lipinski definition) is 1. The Labute approximate surface area is 142 Å². The molecule has 2 aliphatic heterocycles. The third kappa shape index (κ3) is 4.32. The lowest BCUT2D eigenvalue weighted by Gasteiger charge is -2.31. The summed E-state index contributed by atoms with van der Waals surface area (Å²) in [4.78, 5) is 18.0. The number of nitrogens with one attached hydrogen (secondary N) is 1. The highest BCUT2D eigenvalue weighted by Gasteiger charge is 2.37. The van der Waals surface area contributed by atoms with E-state index in [0.29, 0.717) is 12.0 Å². The Balaban J connectivity index is 1.64. The fraction of sp³-hybridized carbons (Fsp3) is 0.706. The first-order chi connectivity index (χ1) is 11.1. The van der Waals surface area contributed by atoms with Gasteiger partial charge in [0.05, 0.1) is 4.88 Å². The molecular weight excluding hydrogens is 310 g/mol. The number of likely N-dealkylation sites (tertiary alicyclic amines) is 1. The maximum atomic E-state index is 12.4. The second-order valence-corrected chi connectivity index (χ2v) is 7.82. The molecule has 128 valence electrons. The van der Waals surface area contributed by atoms with Crippen molar-refractivity contribution in [1.82, 2.24) is 15.1 Å². The standard InChI is InChI=1S/C17H27N3O2S/c1-19(2)10-13-11-20(14-5-7-22-8-6-14)12-15(13)18-17(21)16-4-3-9-23-16/h3-4,9,13-15H,5-8,10-12H2,1-2H3,(H,18,21)/t13-,15-/m1/s1. The predicted molar refractivity (Wildman–Crippen MR) is 93.0 cm³/mol. The lowest BCUT2D eigenvalue weighted by atomic mass is 10.0. The van der Waals surface area contributed by atoms with Crippen molar-refractivity contribution < 1.29 is 9.53 Å². The Morgan fingerprint density at radius 2 is 2.17 bits per heavy atom. The topological polar surface area (TPSA) is 44.8 Å². The van der Waals surface area contributed by atoms with Crippen LogP contribution in [0.4, 0.5) is 0 Å². The number of rotatable bonds is 5. The maximum Gasteiger partial charge on any atom is 0.261 e. The number of carbonyl (C=O) groups is 1. The lowest BCUT2D eigenvalue weighted by Crippen LogP contribution is -2.43. The Morgan fingerprint density at radius 1 is 1.39 bits per heavy atom. The van der Waals surface area contributed by atoms with Gasteiger partial charge in [0.25, 0.3) is 5.91 Å². The van der Waals surface area contributed by atoms with Gasteiger partial charge in [-0.2, -0.15) is 0 Å². The van der Waals surface area contributed by atoms with Gasteiger partial charge in [-0.3, -0.25) is 9.69 Å². The second-order valence-electron chi connectivity index (χ2n) is 6.88. The van der Waals surface area contributed by atoms with Gasteiger partial charge in [-0.25, -0.2) is 0 Å². The summed E-state index contributed by atoms with van der Waals surface area (Å²) in [6.45, 7) is 4.77. The summed E-state index contributed by atoms with van der Waals surface area (Å²) in [5, 5.41) is 5.23. The Bertz CT molecular complexity index is 500. The average molecular weight is 337 g/mol. The number of carbonyl (C=O) groups excluding carboxylic acids is 1. The highest BCUT2D eigenvalue weighted by atomic mass is 32.1. The molecule has 1 amide bonds. The summed E-state index contributed by atoms with van der Waals surface area (Å²) in [6.07, 6.45) is 2.22. The molecule has 1 aromatic rings. The molecule has 3 heterocycles. The van der Waals surface area contributed by atoms with Crippen LogP contribution in [0.2, 0.25) is 0 Å². The number of hydrogen-bond acceptors (Lipinski definition) is 5. The van der Waals surface area contributed by atoms with Crippen LogP contribution in [0.5, 0.6) is 0 Å². The molecule has 0 aromatic carbocycles. The van der Waals surface area contributed by atoms with E-state index in [-0.39, 0.29) is 11.9 Å². The van der Waals surface area contributed by atoms with E-state index in [4.69, 9.17) is 4.74 Å². The van der Waals surface area contributed by atoms with Crippen molar-refractivity contribution in [3.63, 3.8) is 0 Å². The fourth-order valence-corrected chi connectivity index (χ4v) is 4.34. The number of thiophene rings is 1. The highest BCUT2D eigenvalue weighted by molar-refractivity contribution is 7.12. The van der Waals surface area contributed by atoms with E-state index in [9.17, 15) is 4.79 Å². The average Bonchev–Trinajstić information content (AvgIpc) is 3.18. The minimum absolute atomic E-state index is 0.0718. The van der Waals surface area contributed by atoms with Crippen LogP contribution < -0.4 is 5.32 Å². The van der Waals surface area contributed by atoms with E-state index in [1.54, 1.807) is 0 Å². The summed E-state index contributed by atoms with van der Waals surface area (Å²) in [5.74, 6) is 0.555. The molecule has 0 unspecified atom stereocenters. The van der Waals surface area contributed by atoms with Crippen molar-refractivity contribution in [1.29, 1.82) is 0 Å². The molecule has 23 heavy (non-hydrogen) atoms. The van der Waals surface area contributed by atoms with E-state index in [2.05, 4.69) is 29.2 Å². The van der Waals surface area contributed by atoms with Crippen LogP contribution in [0.3, 0.4) is 0 Å². The molecule has 0 spiro atoms. The lowest BCUT2D eigenvalue weighted by molar-refractivity contribution is 0.0403. The monoisotopic (exact) mass is 337 g/mol. The van der Waals surface area contributed by atoms with Gasteiger partial charge < -0.3 is 15.0 Å². The maximum absolute atomic E-state index is 12.4. The second kappa shape index (κ2) is 7.75. The Kier molecular flexibility index (Phi) is 5.69. The van der Waals surface area contributed by atoms with Crippen LogP contribution in [-0.2, 0) is 4.74 Å².